The summed E-state index contributed by atoms with van der Waals surface area (Å²) in [5.41, 5.74) is 6.91. The van der Waals surface area contributed by atoms with Crippen LogP contribution in [0.3, 0.4) is 0 Å². The van der Waals surface area contributed by atoms with Crippen LogP contribution in [0.4, 0.5) is 26.3 Å². The number of aryl methyl sites for hydroxylation is 2. The predicted molar refractivity (Wildman–Crippen MR) is 150 cm³/mol. The third-order valence-corrected chi connectivity index (χ3v) is 7.81. The van der Waals surface area contributed by atoms with E-state index in [1.165, 1.54) is 6.07 Å². The Balaban J connectivity index is 1.52. The fourth-order valence-corrected chi connectivity index (χ4v) is 5.74. The third-order valence-electron chi connectivity index (χ3n) is 7.81. The first-order valence-corrected chi connectivity index (χ1v) is 13.7. The predicted octanol–water partition coefficient (Wildman–Crippen LogP) is 8.66. The highest BCUT2D eigenvalue weighted by molar-refractivity contribution is 6.01. The van der Waals surface area contributed by atoms with E-state index in [4.69, 9.17) is 0 Å². The van der Waals surface area contributed by atoms with Crippen LogP contribution in [0.1, 0.15) is 68.6 Å². The second-order valence-electron chi connectivity index (χ2n) is 10.9. The Morgan fingerprint density at radius 1 is 0.905 bits per heavy atom. The van der Waals surface area contributed by atoms with Gasteiger partial charge in [-0.1, -0.05) is 42.5 Å². The van der Waals surface area contributed by atoms with Gasteiger partial charge < -0.3 is 5.11 Å². The number of hydrogen-bond acceptors (Lipinski definition) is 2. The highest BCUT2D eigenvalue weighted by atomic mass is 19.4. The molecule has 1 aliphatic heterocycles. The molecular weight excluding hydrogens is 556 g/mol. The van der Waals surface area contributed by atoms with E-state index in [2.05, 4.69) is 0 Å². The Morgan fingerprint density at radius 2 is 1.60 bits per heavy atom. The molecule has 42 heavy (non-hydrogen) atoms. The number of nitrogens with zero attached hydrogens (tertiary/aromatic N) is 1. The molecule has 0 atom stereocenters. The van der Waals surface area contributed by atoms with Crippen LogP contribution in [0.2, 0.25) is 0 Å². The second kappa shape index (κ2) is 11.4. The zero-order chi connectivity index (χ0) is 30.2. The molecule has 5 rings (SSSR count). The van der Waals surface area contributed by atoms with Crippen molar-refractivity contribution in [3.63, 3.8) is 0 Å². The SMILES string of the molecule is Cc1cc(C(F)(F)F)ccc1C1=C(c2ccc(C=C3CN(CCC(F)(F)F)C3)cc2)c2ccc(C(=O)O)cc2CCC1. The maximum Gasteiger partial charge on any atom is 0.416 e. The minimum absolute atomic E-state index is 0.0247. The molecule has 220 valence electrons. The van der Waals surface area contributed by atoms with Gasteiger partial charge in [-0.15, -0.1) is 0 Å². The van der Waals surface area contributed by atoms with Crippen molar-refractivity contribution in [2.24, 2.45) is 0 Å². The topological polar surface area (TPSA) is 40.5 Å². The van der Waals surface area contributed by atoms with Gasteiger partial charge in [0.05, 0.1) is 17.5 Å². The lowest BCUT2D eigenvalue weighted by Crippen LogP contribution is -2.41. The highest BCUT2D eigenvalue weighted by Crippen LogP contribution is 2.42. The first-order chi connectivity index (χ1) is 19.8. The first-order valence-electron chi connectivity index (χ1n) is 13.7. The van der Waals surface area contributed by atoms with E-state index in [1.54, 1.807) is 30.0 Å². The Labute approximate surface area is 239 Å². The Morgan fingerprint density at radius 3 is 2.21 bits per heavy atom. The van der Waals surface area contributed by atoms with Crippen LogP contribution in [0, 0.1) is 6.92 Å². The molecule has 9 heteroatoms. The number of alkyl halides is 6. The van der Waals surface area contributed by atoms with Crippen molar-refractivity contribution in [2.45, 2.75) is 45.0 Å². The molecule has 3 aromatic carbocycles. The summed E-state index contributed by atoms with van der Waals surface area (Å²) in [6, 6.07) is 16.5. The summed E-state index contributed by atoms with van der Waals surface area (Å²) >= 11 is 0. The normalized spacial score (nSPS) is 16.1. The maximum atomic E-state index is 13.4. The molecule has 0 spiro atoms. The second-order valence-corrected chi connectivity index (χ2v) is 10.9. The number of hydrogen-bond donors (Lipinski definition) is 1. The number of fused-ring (bicyclic) bond motifs is 1. The third kappa shape index (κ3) is 6.62. The van der Waals surface area contributed by atoms with E-state index in [9.17, 15) is 36.2 Å². The summed E-state index contributed by atoms with van der Waals surface area (Å²) in [6.45, 7) is 2.61. The molecule has 3 aromatic rings. The molecule has 1 N–H and O–H groups in total. The van der Waals surface area contributed by atoms with Crippen molar-refractivity contribution < 1.29 is 36.2 Å². The quantitative estimate of drug-likeness (QED) is 0.295. The summed E-state index contributed by atoms with van der Waals surface area (Å²) < 4.78 is 77.7. The minimum atomic E-state index is -4.45. The van der Waals surface area contributed by atoms with Gasteiger partial charge >= 0.3 is 18.3 Å². The molecule has 0 saturated carbocycles. The number of rotatable bonds is 6. The van der Waals surface area contributed by atoms with E-state index in [1.807, 2.05) is 30.3 Å². The van der Waals surface area contributed by atoms with Crippen molar-refractivity contribution in [1.82, 2.24) is 4.90 Å². The zero-order valence-electron chi connectivity index (χ0n) is 22.9. The van der Waals surface area contributed by atoms with E-state index in [0.717, 1.165) is 51.1 Å². The fraction of sp³-hybridized carbons (Fsp3) is 0.303. The lowest BCUT2D eigenvalue weighted by atomic mass is 9.85. The van der Waals surface area contributed by atoms with Crippen molar-refractivity contribution in [1.29, 1.82) is 0 Å². The van der Waals surface area contributed by atoms with Gasteiger partial charge in [-0.25, -0.2) is 4.79 Å². The highest BCUT2D eigenvalue weighted by Gasteiger charge is 2.32. The van der Waals surface area contributed by atoms with Gasteiger partial charge in [0.1, 0.15) is 0 Å². The number of likely N-dealkylation sites (tertiary alicyclic amines) is 1. The van der Waals surface area contributed by atoms with Crippen LogP contribution < -0.4 is 0 Å². The minimum Gasteiger partial charge on any atom is -0.478 e. The summed E-state index contributed by atoms with van der Waals surface area (Å²) in [6.07, 6.45) is -5.58. The van der Waals surface area contributed by atoms with Crippen molar-refractivity contribution in [3.05, 3.63) is 111 Å². The standard InChI is InChI=1S/C33H29F6NO2/c1-20-15-26(33(37,38)39)10-12-27(20)29-4-2-3-24-17-25(31(41)42)9-11-28(24)30(29)23-7-5-21(6-8-23)16-22-18-40(19-22)14-13-32(34,35)36/h5-12,15-17H,2-4,13-14,18-19H2,1H3,(H,41,42). The van der Waals surface area contributed by atoms with Gasteiger partial charge in [-0.3, -0.25) is 4.90 Å². The Hall–Kier alpha value is -3.85. The van der Waals surface area contributed by atoms with Gasteiger partial charge in [0.25, 0.3) is 0 Å². The van der Waals surface area contributed by atoms with E-state index in [-0.39, 0.29) is 12.1 Å². The Bertz CT molecular complexity index is 1560. The average Bonchev–Trinajstić information content (AvgIpc) is 3.08. The number of halogens is 6. The van der Waals surface area contributed by atoms with E-state index >= 15 is 0 Å². The summed E-state index contributed by atoms with van der Waals surface area (Å²) in [5.74, 6) is -1.03. The molecular formula is C33H29F6NO2. The summed E-state index contributed by atoms with van der Waals surface area (Å²) in [5, 5.41) is 9.54. The van der Waals surface area contributed by atoms with Gasteiger partial charge in [-0.2, -0.15) is 26.3 Å². The van der Waals surface area contributed by atoms with Crippen molar-refractivity contribution >= 4 is 23.2 Å². The smallest absolute Gasteiger partial charge is 0.416 e. The molecule has 0 aromatic heterocycles. The molecule has 1 fully saturated rings. The van der Waals surface area contributed by atoms with Crippen molar-refractivity contribution in [2.75, 3.05) is 19.6 Å². The van der Waals surface area contributed by atoms with E-state index < -0.39 is 30.3 Å². The van der Waals surface area contributed by atoms with E-state index in [0.29, 0.717) is 43.5 Å². The molecule has 0 unspecified atom stereocenters. The Kier molecular flexibility index (Phi) is 8.07. The zero-order valence-corrected chi connectivity index (χ0v) is 22.9. The summed E-state index contributed by atoms with van der Waals surface area (Å²) in [4.78, 5) is 13.4. The van der Waals surface area contributed by atoms with Gasteiger partial charge in [0.15, 0.2) is 0 Å². The van der Waals surface area contributed by atoms with Crippen LogP contribution in [0.25, 0.3) is 17.2 Å². The van der Waals surface area contributed by atoms with Crippen LogP contribution in [-0.2, 0) is 12.6 Å². The lowest BCUT2D eigenvalue weighted by Gasteiger charge is -2.34. The van der Waals surface area contributed by atoms with Crippen LogP contribution >= 0.6 is 0 Å². The summed E-state index contributed by atoms with van der Waals surface area (Å²) in [7, 11) is 0. The number of carbonyl (C=O) groups is 1. The van der Waals surface area contributed by atoms with Crippen molar-refractivity contribution in [3.8, 4) is 0 Å². The average molecular weight is 586 g/mol. The van der Waals surface area contributed by atoms with Crippen LogP contribution in [0.5, 0.6) is 0 Å². The molecule has 0 bridgehead atoms. The van der Waals surface area contributed by atoms with Gasteiger partial charge in [0.2, 0.25) is 0 Å². The lowest BCUT2D eigenvalue weighted by molar-refractivity contribution is -0.139. The van der Waals surface area contributed by atoms with Crippen LogP contribution in [-0.4, -0.2) is 41.8 Å². The van der Waals surface area contributed by atoms with Gasteiger partial charge in [-0.05, 0) is 101 Å². The first kappa shape index (κ1) is 29.6. The monoisotopic (exact) mass is 585 g/mol. The molecule has 1 aliphatic carbocycles. The van der Waals surface area contributed by atoms with Crippen LogP contribution in [0.15, 0.2) is 66.2 Å². The number of carboxylic acid groups (broad SMARTS) is 1. The largest absolute Gasteiger partial charge is 0.478 e. The molecule has 0 amide bonds. The molecule has 1 heterocycles. The molecule has 3 nitrogen and oxygen atoms in total. The number of carboxylic acids is 1. The number of benzene rings is 3. The maximum absolute atomic E-state index is 13.4. The molecule has 0 radical (unpaired) electrons. The number of aromatic carboxylic acids is 1. The van der Waals surface area contributed by atoms with Gasteiger partial charge in [0, 0.05) is 19.6 Å². The fourth-order valence-electron chi connectivity index (χ4n) is 5.74. The molecule has 1 saturated heterocycles. The molecule has 2 aliphatic rings. The number of allylic oxidation sites excluding steroid dienone is 1.